The maximum Gasteiger partial charge on any atom is 0.203 e. The third kappa shape index (κ3) is 2.17. The molecule has 74 valence electrons. The number of nitrogens with one attached hydrogen (secondary N) is 1. The highest BCUT2D eigenvalue weighted by Crippen LogP contribution is 2.07. The highest BCUT2D eigenvalue weighted by Gasteiger charge is 2.21. The number of hydrogen-bond acceptors (Lipinski definition) is 2. The summed E-state index contributed by atoms with van der Waals surface area (Å²) in [4.78, 5) is 11.5. The van der Waals surface area contributed by atoms with E-state index in [2.05, 4.69) is 19.6 Å². The first kappa shape index (κ1) is 10.9. The van der Waals surface area contributed by atoms with E-state index in [1.165, 1.54) is 0 Å². The number of ketones is 1. The summed E-state index contributed by atoms with van der Waals surface area (Å²) in [6.45, 7) is 6.59. The molecule has 1 aromatic rings. The van der Waals surface area contributed by atoms with Crippen LogP contribution in [0.15, 0.2) is 24.3 Å². The molecule has 0 bridgehead atoms. The van der Waals surface area contributed by atoms with E-state index in [9.17, 15) is 4.79 Å². The molecular formula is C11H15NOSi. The van der Waals surface area contributed by atoms with Crippen LogP contribution >= 0.6 is 0 Å². The molecule has 0 saturated heterocycles. The van der Waals surface area contributed by atoms with E-state index in [-0.39, 0.29) is 5.78 Å². The lowest BCUT2D eigenvalue weighted by Crippen LogP contribution is -2.41. The highest BCUT2D eigenvalue weighted by molar-refractivity contribution is 6.89. The van der Waals surface area contributed by atoms with E-state index in [4.69, 9.17) is 5.41 Å². The number of rotatable bonds is 3. The molecule has 0 atom stereocenters. The van der Waals surface area contributed by atoms with Crippen molar-refractivity contribution in [2.45, 2.75) is 19.6 Å². The van der Waals surface area contributed by atoms with Crippen LogP contribution in [-0.4, -0.2) is 20.1 Å². The molecule has 0 fully saturated rings. The zero-order valence-corrected chi connectivity index (χ0v) is 9.79. The predicted octanol–water partition coefficient (Wildman–Crippen LogP) is 2.06. The number of hydrogen-bond donors (Lipinski definition) is 1. The molecular weight excluding hydrogens is 190 g/mol. The summed E-state index contributed by atoms with van der Waals surface area (Å²) in [6.07, 6.45) is 0.888. The molecule has 1 aromatic carbocycles. The van der Waals surface area contributed by atoms with Crippen LogP contribution < -0.4 is 5.19 Å². The Kier molecular flexibility index (Phi) is 3.01. The molecule has 1 N–H and O–H groups in total. The minimum atomic E-state index is -1.48. The summed E-state index contributed by atoms with van der Waals surface area (Å²) in [5.74, 6) is -0.192. The molecule has 0 aliphatic carbocycles. The van der Waals surface area contributed by atoms with Crippen LogP contribution in [0.3, 0.4) is 0 Å². The first-order chi connectivity index (χ1) is 6.46. The number of Topliss-reactive ketones (excluding diaryl/α,β-unsaturated/α-hetero) is 1. The summed E-state index contributed by atoms with van der Waals surface area (Å²) in [6, 6.07) is 7.61. The lowest BCUT2D eigenvalue weighted by atomic mass is 10.1. The largest absolute Gasteiger partial charge is 0.305 e. The topological polar surface area (TPSA) is 40.9 Å². The second kappa shape index (κ2) is 3.88. The van der Waals surface area contributed by atoms with Gasteiger partial charge in [0.2, 0.25) is 5.78 Å². The Bertz CT molecular complexity index is 366. The molecule has 0 heterocycles. The van der Waals surface area contributed by atoms with Gasteiger partial charge < -0.3 is 5.41 Å². The minimum absolute atomic E-state index is 0.192. The Hall–Kier alpha value is -1.22. The molecule has 3 heteroatoms. The summed E-state index contributed by atoms with van der Waals surface area (Å²) < 4.78 is 0. The highest BCUT2D eigenvalue weighted by atomic mass is 28.3. The van der Waals surface area contributed by atoms with E-state index in [1.807, 2.05) is 18.2 Å². The molecule has 0 radical (unpaired) electrons. The molecule has 0 saturated carbocycles. The summed E-state index contributed by atoms with van der Waals surface area (Å²) in [5, 5.41) is 8.12. The first-order valence-electron chi connectivity index (χ1n) is 4.61. The average Bonchev–Trinajstić information content (AvgIpc) is 2.15. The van der Waals surface area contributed by atoms with Gasteiger partial charge in [-0.25, -0.2) is 0 Å². The van der Waals surface area contributed by atoms with Crippen LogP contribution in [0.5, 0.6) is 0 Å². The summed E-state index contributed by atoms with van der Waals surface area (Å²) in [5.41, 5.74) is 0.696. The smallest absolute Gasteiger partial charge is 0.203 e. The van der Waals surface area contributed by atoms with Gasteiger partial charge in [-0.3, -0.25) is 4.79 Å². The van der Waals surface area contributed by atoms with Crippen LogP contribution in [0.1, 0.15) is 10.4 Å². The normalized spacial score (nSPS) is 11.1. The van der Waals surface area contributed by atoms with E-state index in [0.29, 0.717) is 5.56 Å². The molecule has 2 nitrogen and oxygen atoms in total. The zero-order chi connectivity index (χ0) is 10.8. The van der Waals surface area contributed by atoms with E-state index in [1.54, 1.807) is 6.07 Å². The Morgan fingerprint density at radius 3 is 2.36 bits per heavy atom. The van der Waals surface area contributed by atoms with Gasteiger partial charge in [0.15, 0.2) is 0 Å². The Balaban J connectivity index is 3.30. The van der Waals surface area contributed by atoms with Crippen molar-refractivity contribution in [2.75, 3.05) is 0 Å². The van der Waals surface area contributed by atoms with Crippen molar-refractivity contribution >= 4 is 25.3 Å². The fourth-order valence-corrected chi connectivity index (χ4v) is 3.04. The van der Waals surface area contributed by atoms with Crippen molar-refractivity contribution in [1.82, 2.24) is 0 Å². The maximum atomic E-state index is 11.5. The number of carbonyl (C=O) groups excluding carboxylic acids is 1. The Labute approximate surface area is 85.5 Å². The van der Waals surface area contributed by atoms with Gasteiger partial charge in [-0.05, 0) is 5.19 Å². The SMILES string of the molecule is C[Si](C)(C)c1ccccc1C(=O)C=N. The fraction of sp³-hybridized carbons (Fsp3) is 0.273. The van der Waals surface area contributed by atoms with E-state index >= 15 is 0 Å². The molecule has 0 aliphatic rings. The van der Waals surface area contributed by atoms with Gasteiger partial charge >= 0.3 is 0 Å². The molecule has 14 heavy (non-hydrogen) atoms. The monoisotopic (exact) mass is 205 g/mol. The van der Waals surface area contributed by atoms with Crippen molar-refractivity contribution in [3.63, 3.8) is 0 Å². The lowest BCUT2D eigenvalue weighted by Gasteiger charge is -2.19. The molecule has 0 amide bonds. The molecule has 1 rings (SSSR count). The zero-order valence-electron chi connectivity index (χ0n) is 8.79. The fourth-order valence-electron chi connectivity index (χ4n) is 1.43. The van der Waals surface area contributed by atoms with Gasteiger partial charge in [0.05, 0.1) is 14.3 Å². The van der Waals surface area contributed by atoms with Gasteiger partial charge in [-0.1, -0.05) is 43.9 Å². The van der Waals surface area contributed by atoms with Crippen LogP contribution in [0.4, 0.5) is 0 Å². The van der Waals surface area contributed by atoms with Crippen LogP contribution in [0.2, 0.25) is 19.6 Å². The quantitative estimate of drug-likeness (QED) is 0.458. The van der Waals surface area contributed by atoms with E-state index < -0.39 is 8.07 Å². The molecule has 0 spiro atoms. The molecule has 0 aromatic heterocycles. The number of carbonyl (C=O) groups is 1. The summed E-state index contributed by atoms with van der Waals surface area (Å²) in [7, 11) is -1.48. The minimum Gasteiger partial charge on any atom is -0.305 e. The molecule has 0 aliphatic heterocycles. The number of benzene rings is 1. The van der Waals surface area contributed by atoms with Gasteiger partial charge in [0, 0.05) is 5.56 Å². The van der Waals surface area contributed by atoms with E-state index in [0.717, 1.165) is 11.4 Å². The van der Waals surface area contributed by atoms with Crippen LogP contribution in [0, 0.1) is 5.41 Å². The first-order valence-corrected chi connectivity index (χ1v) is 8.11. The van der Waals surface area contributed by atoms with Crippen molar-refractivity contribution in [3.8, 4) is 0 Å². The standard InChI is InChI=1S/C11H15NOSi/c1-14(2,3)11-7-5-4-6-9(11)10(13)8-12/h4-8,12H,1-3H3. The van der Waals surface area contributed by atoms with Crippen molar-refractivity contribution in [3.05, 3.63) is 29.8 Å². The van der Waals surface area contributed by atoms with Crippen molar-refractivity contribution in [1.29, 1.82) is 5.41 Å². The second-order valence-electron chi connectivity index (χ2n) is 4.30. The molecule has 0 unspecified atom stereocenters. The van der Waals surface area contributed by atoms with Gasteiger partial charge in [0.25, 0.3) is 0 Å². The predicted molar refractivity (Wildman–Crippen MR) is 62.5 cm³/mol. The van der Waals surface area contributed by atoms with Gasteiger partial charge in [0.1, 0.15) is 0 Å². The van der Waals surface area contributed by atoms with Gasteiger partial charge in [-0.2, -0.15) is 0 Å². The third-order valence-electron chi connectivity index (χ3n) is 2.13. The van der Waals surface area contributed by atoms with Crippen molar-refractivity contribution < 1.29 is 4.79 Å². The third-order valence-corrected chi connectivity index (χ3v) is 4.18. The maximum absolute atomic E-state index is 11.5. The van der Waals surface area contributed by atoms with Crippen LogP contribution in [-0.2, 0) is 0 Å². The Morgan fingerprint density at radius 1 is 1.29 bits per heavy atom. The van der Waals surface area contributed by atoms with Gasteiger partial charge in [-0.15, -0.1) is 0 Å². The van der Waals surface area contributed by atoms with Crippen LogP contribution in [0.25, 0.3) is 0 Å². The average molecular weight is 205 g/mol. The Morgan fingerprint density at radius 2 is 1.86 bits per heavy atom. The lowest BCUT2D eigenvalue weighted by molar-refractivity contribution is 0.107. The summed E-state index contributed by atoms with van der Waals surface area (Å²) >= 11 is 0. The second-order valence-corrected chi connectivity index (χ2v) is 9.34. The van der Waals surface area contributed by atoms with Crippen molar-refractivity contribution in [2.24, 2.45) is 0 Å².